The lowest BCUT2D eigenvalue weighted by molar-refractivity contribution is -0.125. The number of rotatable bonds is 5. The van der Waals surface area contributed by atoms with E-state index in [0.29, 0.717) is 18.7 Å². The minimum Gasteiger partial charge on any atom is -0.488 e. The lowest BCUT2D eigenvalue weighted by Crippen LogP contribution is -2.46. The van der Waals surface area contributed by atoms with Gasteiger partial charge in [-0.25, -0.2) is 0 Å². The molecule has 0 bridgehead atoms. The number of carbonyl (C=O) groups is 2. The van der Waals surface area contributed by atoms with Crippen LogP contribution in [0.15, 0.2) is 54.7 Å². The number of para-hydroxylation sites is 1. The quantitative estimate of drug-likeness (QED) is 0.895. The second-order valence-electron chi connectivity index (χ2n) is 6.76. The zero-order valence-electron chi connectivity index (χ0n) is 14.4. The Morgan fingerprint density at radius 1 is 1.08 bits per heavy atom. The van der Waals surface area contributed by atoms with Crippen LogP contribution in [0.5, 0.6) is 5.75 Å². The maximum absolute atomic E-state index is 12.9. The number of benzene rings is 1. The van der Waals surface area contributed by atoms with Crippen molar-refractivity contribution >= 4 is 11.8 Å². The normalized spacial score (nSPS) is 22.1. The molecule has 1 saturated heterocycles. The van der Waals surface area contributed by atoms with E-state index in [9.17, 15) is 9.59 Å². The molecule has 0 spiro atoms. The van der Waals surface area contributed by atoms with Gasteiger partial charge >= 0.3 is 0 Å². The summed E-state index contributed by atoms with van der Waals surface area (Å²) in [7, 11) is 0. The van der Waals surface area contributed by atoms with Crippen molar-refractivity contribution in [1.82, 2.24) is 15.2 Å². The van der Waals surface area contributed by atoms with Crippen LogP contribution in [0.4, 0.5) is 0 Å². The zero-order chi connectivity index (χ0) is 17.9. The summed E-state index contributed by atoms with van der Waals surface area (Å²) in [6, 6.07) is 14.4. The van der Waals surface area contributed by atoms with E-state index in [0.717, 1.165) is 18.6 Å². The third kappa shape index (κ3) is 3.69. The molecule has 0 radical (unpaired) electrons. The predicted molar refractivity (Wildman–Crippen MR) is 95.7 cm³/mol. The fourth-order valence-corrected chi connectivity index (χ4v) is 3.21. The fourth-order valence-electron chi connectivity index (χ4n) is 3.21. The Morgan fingerprint density at radius 3 is 2.54 bits per heavy atom. The number of nitrogens with zero attached hydrogens (tertiary/aromatic N) is 2. The van der Waals surface area contributed by atoms with E-state index < -0.39 is 6.04 Å². The number of nitrogens with one attached hydrogen (secondary N) is 1. The number of carbonyl (C=O) groups excluding carboxylic acids is 2. The first-order valence-electron chi connectivity index (χ1n) is 8.95. The van der Waals surface area contributed by atoms with Crippen molar-refractivity contribution in [2.24, 2.45) is 0 Å². The highest BCUT2D eigenvalue weighted by molar-refractivity contribution is 5.96. The van der Waals surface area contributed by atoms with Crippen LogP contribution in [0, 0.1) is 0 Å². The number of hydrogen-bond acceptors (Lipinski definition) is 4. The van der Waals surface area contributed by atoms with Gasteiger partial charge in [-0.15, -0.1) is 0 Å². The van der Waals surface area contributed by atoms with Gasteiger partial charge < -0.3 is 15.0 Å². The highest BCUT2D eigenvalue weighted by Crippen LogP contribution is 2.26. The molecule has 1 aromatic carbocycles. The molecule has 1 aliphatic heterocycles. The van der Waals surface area contributed by atoms with Crippen LogP contribution >= 0.6 is 0 Å². The van der Waals surface area contributed by atoms with Gasteiger partial charge in [-0.05, 0) is 37.1 Å². The van der Waals surface area contributed by atoms with Gasteiger partial charge in [0.25, 0.3) is 5.91 Å². The number of aromatic nitrogens is 1. The molecule has 2 amide bonds. The van der Waals surface area contributed by atoms with Crippen molar-refractivity contribution in [3.05, 3.63) is 60.4 Å². The van der Waals surface area contributed by atoms with Crippen LogP contribution in [0.1, 0.15) is 29.8 Å². The van der Waals surface area contributed by atoms with Crippen LogP contribution < -0.4 is 10.1 Å². The third-order valence-electron chi connectivity index (χ3n) is 4.68. The summed E-state index contributed by atoms with van der Waals surface area (Å²) in [6.07, 6.45) is 3.86. The van der Waals surface area contributed by atoms with Crippen LogP contribution in [0.3, 0.4) is 0 Å². The number of hydrogen-bond donors (Lipinski definition) is 1. The number of pyridine rings is 1. The van der Waals surface area contributed by atoms with Gasteiger partial charge in [0.1, 0.15) is 23.6 Å². The Bertz CT molecular complexity index is 777. The molecule has 1 saturated carbocycles. The Morgan fingerprint density at radius 2 is 1.85 bits per heavy atom. The molecule has 6 heteroatoms. The van der Waals surface area contributed by atoms with Gasteiger partial charge in [-0.3, -0.25) is 14.6 Å². The molecular weight excluding hydrogens is 330 g/mol. The second kappa shape index (κ2) is 7.15. The summed E-state index contributed by atoms with van der Waals surface area (Å²) >= 11 is 0. The summed E-state index contributed by atoms with van der Waals surface area (Å²) < 4.78 is 6.00. The number of likely N-dealkylation sites (tertiary alicyclic amines) is 1. The molecule has 6 nitrogen and oxygen atoms in total. The first-order valence-corrected chi connectivity index (χ1v) is 8.95. The summed E-state index contributed by atoms with van der Waals surface area (Å²) in [4.78, 5) is 31.3. The van der Waals surface area contributed by atoms with Gasteiger partial charge in [0.2, 0.25) is 5.91 Å². The van der Waals surface area contributed by atoms with E-state index in [1.807, 2.05) is 30.3 Å². The molecular formula is C20H21N3O3. The molecule has 0 unspecified atom stereocenters. The van der Waals surface area contributed by atoms with Gasteiger partial charge in [0.05, 0.1) is 6.54 Å². The van der Waals surface area contributed by atoms with Crippen molar-refractivity contribution in [3.63, 3.8) is 0 Å². The van der Waals surface area contributed by atoms with E-state index in [1.54, 1.807) is 29.3 Å². The molecule has 1 N–H and O–H groups in total. The van der Waals surface area contributed by atoms with E-state index in [-0.39, 0.29) is 24.0 Å². The Balaban J connectivity index is 1.52. The van der Waals surface area contributed by atoms with E-state index >= 15 is 0 Å². The monoisotopic (exact) mass is 351 g/mol. The molecule has 2 heterocycles. The summed E-state index contributed by atoms with van der Waals surface area (Å²) in [5, 5.41) is 3.01. The minimum absolute atomic E-state index is 0.101. The average molecular weight is 351 g/mol. The van der Waals surface area contributed by atoms with Crippen molar-refractivity contribution in [2.75, 3.05) is 6.54 Å². The van der Waals surface area contributed by atoms with Crippen LogP contribution in [-0.4, -0.2) is 46.4 Å². The maximum atomic E-state index is 12.9. The molecule has 134 valence electrons. The largest absolute Gasteiger partial charge is 0.488 e. The lowest BCUT2D eigenvalue weighted by atomic mass is 10.1. The first-order chi connectivity index (χ1) is 12.7. The van der Waals surface area contributed by atoms with E-state index in [4.69, 9.17) is 4.74 Å². The predicted octanol–water partition coefficient (Wildman–Crippen LogP) is 2.02. The van der Waals surface area contributed by atoms with Crippen molar-refractivity contribution < 1.29 is 14.3 Å². The molecule has 4 rings (SSSR count). The second-order valence-corrected chi connectivity index (χ2v) is 6.76. The first kappa shape index (κ1) is 16.6. The van der Waals surface area contributed by atoms with Gasteiger partial charge in [0, 0.05) is 18.7 Å². The molecule has 1 aromatic heterocycles. The van der Waals surface area contributed by atoms with Gasteiger partial charge in [0.15, 0.2) is 0 Å². The summed E-state index contributed by atoms with van der Waals surface area (Å²) in [6.45, 7) is 0.368. The van der Waals surface area contributed by atoms with Crippen LogP contribution in [0.25, 0.3) is 0 Å². The summed E-state index contributed by atoms with van der Waals surface area (Å²) in [5.41, 5.74) is 0.345. The van der Waals surface area contributed by atoms with E-state index in [2.05, 4.69) is 10.3 Å². The summed E-state index contributed by atoms with van der Waals surface area (Å²) in [5.74, 6) is 0.405. The number of amides is 2. The van der Waals surface area contributed by atoms with E-state index in [1.165, 1.54) is 0 Å². The van der Waals surface area contributed by atoms with Gasteiger partial charge in [-0.2, -0.15) is 0 Å². The molecule has 1 aliphatic carbocycles. The average Bonchev–Trinajstić information content (AvgIpc) is 3.39. The highest BCUT2D eigenvalue weighted by atomic mass is 16.5. The molecule has 2 aromatic rings. The van der Waals surface area contributed by atoms with Gasteiger partial charge in [-0.1, -0.05) is 24.3 Å². The molecule has 2 atom stereocenters. The zero-order valence-corrected chi connectivity index (χ0v) is 14.4. The minimum atomic E-state index is -0.529. The Labute approximate surface area is 152 Å². The molecule has 2 fully saturated rings. The Kier molecular flexibility index (Phi) is 4.56. The maximum Gasteiger partial charge on any atom is 0.273 e. The Hall–Kier alpha value is -2.89. The SMILES string of the molecule is O=C(NC1CC1)[C@@H]1C[C@H](Oc2ccccc2)CN1C(=O)c1ccccn1. The van der Waals surface area contributed by atoms with Crippen molar-refractivity contribution in [2.45, 2.75) is 37.5 Å². The lowest BCUT2D eigenvalue weighted by Gasteiger charge is -2.23. The van der Waals surface area contributed by atoms with Crippen LogP contribution in [0.2, 0.25) is 0 Å². The van der Waals surface area contributed by atoms with Crippen LogP contribution in [-0.2, 0) is 4.79 Å². The highest BCUT2D eigenvalue weighted by Gasteiger charge is 2.42. The number of ether oxygens (including phenoxy) is 1. The molecule has 2 aliphatic rings. The third-order valence-corrected chi connectivity index (χ3v) is 4.68. The van der Waals surface area contributed by atoms with Crippen molar-refractivity contribution in [1.29, 1.82) is 0 Å². The smallest absolute Gasteiger partial charge is 0.273 e. The molecule has 26 heavy (non-hydrogen) atoms. The topological polar surface area (TPSA) is 71.5 Å². The van der Waals surface area contributed by atoms with Crippen molar-refractivity contribution in [3.8, 4) is 5.75 Å². The fraction of sp³-hybridized carbons (Fsp3) is 0.350. The standard InChI is InChI=1S/C20H21N3O3/c24-19(22-14-9-10-14)18-12-16(26-15-6-2-1-3-7-15)13-23(18)20(25)17-8-4-5-11-21-17/h1-8,11,14,16,18H,9-10,12-13H2,(H,22,24)/t16-,18-/m0/s1.